The number of piperazine rings is 1. The summed E-state index contributed by atoms with van der Waals surface area (Å²) >= 11 is 2.02. The van der Waals surface area contributed by atoms with Crippen molar-refractivity contribution in [1.29, 1.82) is 0 Å². The Bertz CT molecular complexity index is 666. The van der Waals surface area contributed by atoms with Crippen molar-refractivity contribution < 1.29 is 9.13 Å². The number of anilines is 1. The second-order valence-corrected chi connectivity index (χ2v) is 8.86. The van der Waals surface area contributed by atoms with Gasteiger partial charge in [-0.2, -0.15) is 11.8 Å². The van der Waals surface area contributed by atoms with Gasteiger partial charge in [0.15, 0.2) is 5.96 Å². The van der Waals surface area contributed by atoms with E-state index >= 15 is 0 Å². The van der Waals surface area contributed by atoms with Crippen LogP contribution in [0.4, 0.5) is 10.1 Å². The first-order valence-electron chi connectivity index (χ1n) is 10.1. The van der Waals surface area contributed by atoms with E-state index in [9.17, 15) is 4.39 Å². The van der Waals surface area contributed by atoms with Crippen LogP contribution < -0.4 is 10.6 Å². The number of halogens is 1. The maximum Gasteiger partial charge on any atom is 0.191 e. The van der Waals surface area contributed by atoms with E-state index in [1.807, 2.05) is 23.9 Å². The molecule has 0 saturated carbocycles. The van der Waals surface area contributed by atoms with E-state index in [2.05, 4.69) is 14.7 Å². The average Bonchev–Trinajstić information content (AvgIpc) is 3.24. The van der Waals surface area contributed by atoms with E-state index in [-0.39, 0.29) is 11.4 Å². The molecule has 1 atom stereocenters. The molecule has 2 N–H and O–H groups in total. The third-order valence-corrected chi connectivity index (χ3v) is 7.33. The van der Waals surface area contributed by atoms with Gasteiger partial charge in [0.2, 0.25) is 0 Å². The monoisotopic (exact) mass is 407 g/mol. The summed E-state index contributed by atoms with van der Waals surface area (Å²) in [7, 11) is 0. The van der Waals surface area contributed by atoms with Crippen molar-refractivity contribution in [2.75, 3.05) is 75.4 Å². The van der Waals surface area contributed by atoms with Crippen LogP contribution in [0.15, 0.2) is 29.3 Å². The molecule has 0 aliphatic carbocycles. The van der Waals surface area contributed by atoms with Gasteiger partial charge in [-0.1, -0.05) is 0 Å². The Morgan fingerprint density at radius 1 is 1.11 bits per heavy atom. The Hall–Kier alpha value is -1.51. The first-order valence-corrected chi connectivity index (χ1v) is 11.3. The Balaban J connectivity index is 1.34. The quantitative estimate of drug-likeness (QED) is 0.603. The number of aliphatic imine (C=N–C) groups is 1. The van der Waals surface area contributed by atoms with Crippen LogP contribution in [0.1, 0.15) is 6.42 Å². The summed E-state index contributed by atoms with van der Waals surface area (Å²) in [5.41, 5.74) is 7.57. The zero-order valence-corrected chi connectivity index (χ0v) is 17.2. The maximum absolute atomic E-state index is 13.1. The molecule has 154 valence electrons. The fourth-order valence-electron chi connectivity index (χ4n) is 4.28. The number of thioether (sulfide) groups is 1. The summed E-state index contributed by atoms with van der Waals surface area (Å²) in [5.74, 6) is 2.78. The van der Waals surface area contributed by atoms with Gasteiger partial charge in [-0.25, -0.2) is 4.39 Å². The average molecular weight is 408 g/mol. The van der Waals surface area contributed by atoms with Gasteiger partial charge >= 0.3 is 0 Å². The Morgan fingerprint density at radius 3 is 2.46 bits per heavy atom. The van der Waals surface area contributed by atoms with E-state index in [0.29, 0.717) is 5.96 Å². The highest BCUT2D eigenvalue weighted by Gasteiger charge is 2.40. The summed E-state index contributed by atoms with van der Waals surface area (Å²) in [6.45, 7) is 7.80. The molecule has 3 saturated heterocycles. The fraction of sp³-hybridized carbons (Fsp3) is 0.650. The number of benzene rings is 1. The molecule has 0 amide bonds. The van der Waals surface area contributed by atoms with E-state index in [0.717, 1.165) is 70.5 Å². The Morgan fingerprint density at radius 2 is 1.82 bits per heavy atom. The minimum absolute atomic E-state index is 0.134. The second kappa shape index (κ2) is 8.88. The van der Waals surface area contributed by atoms with E-state index in [4.69, 9.17) is 15.5 Å². The van der Waals surface area contributed by atoms with E-state index in [1.165, 1.54) is 24.3 Å². The number of morpholine rings is 1. The summed E-state index contributed by atoms with van der Waals surface area (Å²) in [4.78, 5) is 11.9. The molecule has 3 fully saturated rings. The lowest BCUT2D eigenvalue weighted by Gasteiger charge is -2.42. The third-order valence-electron chi connectivity index (χ3n) is 6.10. The number of hydrogen-bond donors (Lipinski definition) is 1. The van der Waals surface area contributed by atoms with Gasteiger partial charge in [0.05, 0.1) is 25.3 Å². The molecule has 4 rings (SSSR count). The molecule has 0 bridgehead atoms. The summed E-state index contributed by atoms with van der Waals surface area (Å²) in [6, 6.07) is 6.71. The molecular formula is C20H30FN5OS. The number of guanidine groups is 1. The number of ether oxygens (including phenoxy) is 1. The highest BCUT2D eigenvalue weighted by Crippen LogP contribution is 2.34. The molecule has 8 heteroatoms. The van der Waals surface area contributed by atoms with Gasteiger partial charge in [-0.15, -0.1) is 0 Å². The molecule has 1 unspecified atom stereocenters. The van der Waals surface area contributed by atoms with Gasteiger partial charge in [0.25, 0.3) is 0 Å². The molecule has 3 aliphatic rings. The van der Waals surface area contributed by atoms with E-state index in [1.54, 1.807) is 0 Å². The number of rotatable bonds is 4. The number of nitrogens with two attached hydrogens (primary N) is 1. The smallest absolute Gasteiger partial charge is 0.191 e. The predicted molar refractivity (Wildman–Crippen MR) is 114 cm³/mol. The standard InChI is InChI=1S/C20H30FN5OS/c21-17-1-3-18(4-2-17)24-6-8-25(9-7-24)19(22)23-15-20(5-14-28-16-20)26-10-12-27-13-11-26/h1-4H,5-16H2,(H2,22,23). The second-order valence-electron chi connectivity index (χ2n) is 7.75. The summed E-state index contributed by atoms with van der Waals surface area (Å²) < 4.78 is 18.7. The summed E-state index contributed by atoms with van der Waals surface area (Å²) in [5, 5.41) is 0. The molecule has 3 aliphatic heterocycles. The van der Waals surface area contributed by atoms with Crippen molar-refractivity contribution >= 4 is 23.4 Å². The molecule has 0 aromatic heterocycles. The van der Waals surface area contributed by atoms with Crippen LogP contribution >= 0.6 is 11.8 Å². The van der Waals surface area contributed by atoms with E-state index < -0.39 is 0 Å². The molecule has 1 aromatic rings. The van der Waals surface area contributed by atoms with Gasteiger partial charge < -0.3 is 20.3 Å². The van der Waals surface area contributed by atoms with Crippen molar-refractivity contribution in [2.24, 2.45) is 10.7 Å². The lowest BCUT2D eigenvalue weighted by Crippen LogP contribution is -2.56. The molecular weight excluding hydrogens is 377 g/mol. The minimum Gasteiger partial charge on any atom is -0.379 e. The molecule has 1 aromatic carbocycles. The van der Waals surface area contributed by atoms with Crippen LogP contribution in [-0.2, 0) is 4.74 Å². The molecule has 0 spiro atoms. The number of hydrogen-bond acceptors (Lipinski definition) is 5. The van der Waals surface area contributed by atoms with Gasteiger partial charge in [-0.3, -0.25) is 9.89 Å². The van der Waals surface area contributed by atoms with Crippen molar-refractivity contribution in [3.05, 3.63) is 30.1 Å². The van der Waals surface area contributed by atoms with Crippen LogP contribution in [0, 0.1) is 5.82 Å². The zero-order valence-electron chi connectivity index (χ0n) is 16.4. The molecule has 6 nitrogen and oxygen atoms in total. The highest BCUT2D eigenvalue weighted by atomic mass is 32.2. The number of nitrogens with zero attached hydrogens (tertiary/aromatic N) is 4. The van der Waals surface area contributed by atoms with Gasteiger partial charge in [0, 0.05) is 50.7 Å². The topological polar surface area (TPSA) is 57.3 Å². The van der Waals surface area contributed by atoms with Crippen molar-refractivity contribution in [2.45, 2.75) is 12.0 Å². The first-order chi connectivity index (χ1) is 13.7. The summed E-state index contributed by atoms with van der Waals surface area (Å²) in [6.07, 6.45) is 1.17. The molecule has 0 radical (unpaired) electrons. The fourth-order valence-corrected chi connectivity index (χ4v) is 5.75. The highest BCUT2D eigenvalue weighted by molar-refractivity contribution is 7.99. The van der Waals surface area contributed by atoms with Crippen LogP contribution in [-0.4, -0.2) is 91.8 Å². The Kier molecular flexibility index (Phi) is 6.28. The maximum atomic E-state index is 13.1. The van der Waals surface area contributed by atoms with Crippen LogP contribution in [0.3, 0.4) is 0 Å². The predicted octanol–water partition coefficient (Wildman–Crippen LogP) is 1.47. The zero-order chi connectivity index (χ0) is 19.4. The first kappa shape index (κ1) is 19.8. The molecule has 3 heterocycles. The lowest BCUT2D eigenvalue weighted by atomic mass is 9.96. The van der Waals surface area contributed by atoms with Gasteiger partial charge in [-0.05, 0) is 36.4 Å². The van der Waals surface area contributed by atoms with Crippen molar-refractivity contribution in [3.8, 4) is 0 Å². The normalized spacial score (nSPS) is 27.4. The van der Waals surface area contributed by atoms with Gasteiger partial charge in [0.1, 0.15) is 5.82 Å². The minimum atomic E-state index is -0.196. The van der Waals surface area contributed by atoms with Crippen LogP contribution in [0.5, 0.6) is 0 Å². The van der Waals surface area contributed by atoms with Crippen molar-refractivity contribution in [1.82, 2.24) is 9.80 Å². The Labute approximate surface area is 170 Å². The lowest BCUT2D eigenvalue weighted by molar-refractivity contribution is -0.0105. The van der Waals surface area contributed by atoms with Crippen LogP contribution in [0.2, 0.25) is 0 Å². The third kappa shape index (κ3) is 4.39. The van der Waals surface area contributed by atoms with Crippen molar-refractivity contribution in [3.63, 3.8) is 0 Å². The van der Waals surface area contributed by atoms with Crippen LogP contribution in [0.25, 0.3) is 0 Å². The largest absolute Gasteiger partial charge is 0.379 e. The molecule has 28 heavy (non-hydrogen) atoms. The SMILES string of the molecule is NC(=NCC1(N2CCOCC2)CCSC1)N1CCN(c2ccc(F)cc2)CC1.